The van der Waals surface area contributed by atoms with Gasteiger partial charge in [0.2, 0.25) is 5.91 Å². The monoisotopic (exact) mass is 363 g/mol. The molecule has 1 N–H and O–H groups in total. The van der Waals surface area contributed by atoms with E-state index in [-0.39, 0.29) is 11.2 Å². The van der Waals surface area contributed by atoms with Gasteiger partial charge >= 0.3 is 0 Å². The summed E-state index contributed by atoms with van der Waals surface area (Å²) in [5.74, 6) is 0.868. The fourth-order valence-corrected chi connectivity index (χ4v) is 3.15. The molecule has 2 rings (SSSR count). The van der Waals surface area contributed by atoms with Crippen LogP contribution >= 0.6 is 23.4 Å². The van der Waals surface area contributed by atoms with Crippen molar-refractivity contribution in [2.45, 2.75) is 30.9 Å². The van der Waals surface area contributed by atoms with Gasteiger partial charge in [0.1, 0.15) is 12.4 Å². The van der Waals surface area contributed by atoms with E-state index in [1.165, 1.54) is 17.3 Å². The average molecular weight is 364 g/mol. The van der Waals surface area contributed by atoms with Gasteiger partial charge in [0.25, 0.3) is 0 Å². The molecule has 0 aliphatic heterocycles. The van der Waals surface area contributed by atoms with Crippen LogP contribution in [0.4, 0.5) is 0 Å². The van der Waals surface area contributed by atoms with Crippen LogP contribution in [0.25, 0.3) is 0 Å². The molecular formula is C19H22ClNO2S. The van der Waals surface area contributed by atoms with Crippen molar-refractivity contribution in [1.82, 2.24) is 5.32 Å². The molecule has 1 atom stereocenters. The van der Waals surface area contributed by atoms with Crippen molar-refractivity contribution in [2.24, 2.45) is 0 Å². The molecule has 5 heteroatoms. The lowest BCUT2D eigenvalue weighted by Gasteiger charge is -2.14. The third kappa shape index (κ3) is 5.46. The molecule has 0 fully saturated rings. The largest absolute Gasteiger partial charge is 0.491 e. The van der Waals surface area contributed by atoms with Crippen molar-refractivity contribution >= 4 is 29.3 Å². The minimum Gasteiger partial charge on any atom is -0.491 e. The number of carbonyl (C=O) groups excluding carboxylic acids is 1. The maximum absolute atomic E-state index is 12.1. The van der Waals surface area contributed by atoms with Gasteiger partial charge in [-0.25, -0.2) is 0 Å². The Kier molecular flexibility index (Phi) is 7.00. The molecule has 1 amide bonds. The smallest absolute Gasteiger partial charge is 0.233 e. The van der Waals surface area contributed by atoms with Crippen LogP contribution in [0.5, 0.6) is 5.75 Å². The van der Waals surface area contributed by atoms with E-state index in [1.54, 1.807) is 0 Å². The van der Waals surface area contributed by atoms with Gasteiger partial charge in [-0.3, -0.25) is 4.79 Å². The quantitative estimate of drug-likeness (QED) is 0.575. The van der Waals surface area contributed by atoms with E-state index in [0.29, 0.717) is 18.2 Å². The van der Waals surface area contributed by atoms with Crippen LogP contribution < -0.4 is 10.1 Å². The van der Waals surface area contributed by atoms with Crippen molar-refractivity contribution in [3.8, 4) is 5.75 Å². The van der Waals surface area contributed by atoms with Crippen LogP contribution in [-0.2, 0) is 4.79 Å². The van der Waals surface area contributed by atoms with Crippen LogP contribution in [-0.4, -0.2) is 24.3 Å². The van der Waals surface area contributed by atoms with Gasteiger partial charge in [-0.15, -0.1) is 11.8 Å². The van der Waals surface area contributed by atoms with Gasteiger partial charge in [-0.2, -0.15) is 0 Å². The van der Waals surface area contributed by atoms with Gasteiger partial charge < -0.3 is 10.1 Å². The summed E-state index contributed by atoms with van der Waals surface area (Å²) >= 11 is 7.37. The summed E-state index contributed by atoms with van der Waals surface area (Å²) in [5.41, 5.74) is 2.33. The molecule has 3 nitrogen and oxygen atoms in total. The molecule has 0 radical (unpaired) electrons. The Bertz CT molecular complexity index is 688. The highest BCUT2D eigenvalue weighted by atomic mass is 35.5. The molecule has 0 aromatic heterocycles. The Hall–Kier alpha value is -1.65. The summed E-state index contributed by atoms with van der Waals surface area (Å²) in [6.45, 7) is 6.92. The van der Waals surface area contributed by atoms with Crippen molar-refractivity contribution < 1.29 is 9.53 Å². The number of thioether (sulfide) groups is 1. The van der Waals surface area contributed by atoms with Crippen molar-refractivity contribution in [1.29, 1.82) is 0 Å². The first-order valence-corrected chi connectivity index (χ1v) is 9.12. The van der Waals surface area contributed by atoms with E-state index in [9.17, 15) is 4.79 Å². The number of amides is 1. The minimum absolute atomic E-state index is 0.000450. The highest BCUT2D eigenvalue weighted by Crippen LogP contribution is 2.24. The number of halogens is 1. The third-order valence-corrected chi connectivity index (χ3v) is 5.07. The first kappa shape index (κ1) is 18.7. The summed E-state index contributed by atoms with van der Waals surface area (Å²) in [5, 5.41) is 3.43. The van der Waals surface area contributed by atoms with E-state index >= 15 is 0 Å². The Labute approximate surface area is 152 Å². The zero-order chi connectivity index (χ0) is 17.5. The lowest BCUT2D eigenvalue weighted by molar-refractivity contribution is -0.120. The van der Waals surface area contributed by atoms with Crippen molar-refractivity contribution in [3.05, 3.63) is 58.6 Å². The number of ether oxygens (including phenoxy) is 1. The van der Waals surface area contributed by atoms with Gasteiger partial charge in [0, 0.05) is 9.92 Å². The normalized spacial score (nSPS) is 11.8. The summed E-state index contributed by atoms with van der Waals surface area (Å²) in [6, 6.07) is 13.5. The number of rotatable bonds is 7. The molecule has 0 heterocycles. The molecule has 0 unspecified atom stereocenters. The topological polar surface area (TPSA) is 38.3 Å². The highest BCUT2D eigenvalue weighted by molar-refractivity contribution is 8.00. The lowest BCUT2D eigenvalue weighted by Crippen LogP contribution is -2.34. The van der Waals surface area contributed by atoms with Crippen LogP contribution in [0.15, 0.2) is 47.4 Å². The Balaban J connectivity index is 1.74. The van der Waals surface area contributed by atoms with Crippen LogP contribution in [0.1, 0.15) is 18.1 Å². The number of nitrogens with one attached hydrogen (secondary N) is 1. The minimum atomic E-state index is -0.174. The fourth-order valence-electron chi connectivity index (χ4n) is 2.13. The maximum atomic E-state index is 12.1. The van der Waals surface area contributed by atoms with E-state index in [1.807, 2.05) is 50.2 Å². The van der Waals surface area contributed by atoms with Crippen molar-refractivity contribution in [2.75, 3.05) is 13.2 Å². The molecule has 0 saturated carbocycles. The maximum Gasteiger partial charge on any atom is 0.233 e. The Morgan fingerprint density at radius 2 is 1.92 bits per heavy atom. The van der Waals surface area contributed by atoms with E-state index < -0.39 is 0 Å². The van der Waals surface area contributed by atoms with Crippen LogP contribution in [0.3, 0.4) is 0 Å². The molecule has 0 aliphatic rings. The first-order valence-electron chi connectivity index (χ1n) is 7.86. The second kappa shape index (κ2) is 9.00. The number of hydrogen-bond acceptors (Lipinski definition) is 3. The van der Waals surface area contributed by atoms with E-state index in [2.05, 4.69) is 18.3 Å². The number of hydrogen-bond donors (Lipinski definition) is 1. The molecule has 0 spiro atoms. The molecule has 2 aromatic carbocycles. The second-order valence-electron chi connectivity index (χ2n) is 5.55. The predicted octanol–water partition coefficient (Wildman–Crippen LogP) is 4.63. The molecule has 0 aliphatic carbocycles. The van der Waals surface area contributed by atoms with Gasteiger partial charge in [0.15, 0.2) is 0 Å². The standard InChI is InChI=1S/C19H22ClNO2S/c1-13-5-4-6-18(14(13)2)23-12-11-21-19(22)15(3)24-17-9-7-16(20)8-10-17/h4-10,15H,11-12H2,1-3H3,(H,21,22)/t15-/m1/s1. The molecule has 24 heavy (non-hydrogen) atoms. The van der Waals surface area contributed by atoms with E-state index in [0.717, 1.165) is 16.2 Å². The highest BCUT2D eigenvalue weighted by Gasteiger charge is 2.13. The molecule has 2 aromatic rings. The average Bonchev–Trinajstić information content (AvgIpc) is 2.57. The SMILES string of the molecule is Cc1cccc(OCCNC(=O)[C@@H](C)Sc2ccc(Cl)cc2)c1C. The summed E-state index contributed by atoms with van der Waals surface area (Å²) < 4.78 is 5.74. The number of carbonyl (C=O) groups is 1. The van der Waals surface area contributed by atoms with Crippen LogP contribution in [0, 0.1) is 13.8 Å². The van der Waals surface area contributed by atoms with Gasteiger partial charge in [0.05, 0.1) is 11.8 Å². The van der Waals surface area contributed by atoms with Gasteiger partial charge in [-0.1, -0.05) is 23.7 Å². The fraction of sp³-hybridized carbons (Fsp3) is 0.316. The lowest BCUT2D eigenvalue weighted by atomic mass is 10.1. The first-order chi connectivity index (χ1) is 11.5. The summed E-state index contributed by atoms with van der Waals surface area (Å²) in [4.78, 5) is 13.2. The second-order valence-corrected chi connectivity index (χ2v) is 7.40. The molecule has 128 valence electrons. The molecular weight excluding hydrogens is 342 g/mol. The number of aryl methyl sites for hydroxylation is 1. The molecule has 0 bridgehead atoms. The van der Waals surface area contributed by atoms with Gasteiger partial charge in [-0.05, 0) is 62.2 Å². The van der Waals surface area contributed by atoms with E-state index in [4.69, 9.17) is 16.3 Å². The summed E-state index contributed by atoms with van der Waals surface area (Å²) in [7, 11) is 0. The third-order valence-electron chi connectivity index (χ3n) is 3.71. The number of benzene rings is 2. The summed E-state index contributed by atoms with van der Waals surface area (Å²) in [6.07, 6.45) is 0. The van der Waals surface area contributed by atoms with Crippen molar-refractivity contribution in [3.63, 3.8) is 0 Å². The predicted molar refractivity (Wildman–Crippen MR) is 101 cm³/mol. The zero-order valence-corrected chi connectivity index (χ0v) is 15.7. The Morgan fingerprint density at radius 3 is 2.62 bits per heavy atom. The Morgan fingerprint density at radius 1 is 1.21 bits per heavy atom. The zero-order valence-electron chi connectivity index (χ0n) is 14.1. The van der Waals surface area contributed by atoms with Crippen LogP contribution in [0.2, 0.25) is 5.02 Å². The molecule has 0 saturated heterocycles.